The Morgan fingerprint density at radius 3 is 2.48 bits per heavy atom. The van der Waals surface area contributed by atoms with Crippen LogP contribution >= 0.6 is 11.6 Å². The number of carbonyl (C=O) groups excluding carboxylic acids is 2. The third-order valence-corrected chi connectivity index (χ3v) is 4.76. The quantitative estimate of drug-likeness (QED) is 0.822. The van der Waals surface area contributed by atoms with E-state index in [4.69, 9.17) is 16.0 Å². The summed E-state index contributed by atoms with van der Waals surface area (Å²) in [5, 5.41) is 6.20. The molecule has 0 aliphatic carbocycles. The normalized spacial score (nSPS) is 15.3. The molecule has 144 valence electrons. The fourth-order valence-electron chi connectivity index (χ4n) is 2.90. The van der Waals surface area contributed by atoms with Crippen LogP contribution in [0.1, 0.15) is 12.7 Å². The van der Waals surface area contributed by atoms with Gasteiger partial charge in [0.15, 0.2) is 0 Å². The number of nitrogens with one attached hydrogen (secondary N) is 2. The zero-order chi connectivity index (χ0) is 19.2. The number of urea groups is 1. The summed E-state index contributed by atoms with van der Waals surface area (Å²) in [6.45, 7) is 4.61. The number of benzene rings is 1. The predicted molar refractivity (Wildman–Crippen MR) is 104 cm³/mol. The van der Waals surface area contributed by atoms with E-state index in [1.54, 1.807) is 30.2 Å². The van der Waals surface area contributed by atoms with Crippen LogP contribution < -0.4 is 15.5 Å². The highest BCUT2D eigenvalue weighted by Gasteiger charge is 2.24. The molecule has 2 heterocycles. The lowest BCUT2D eigenvalue weighted by Crippen LogP contribution is -2.55. The van der Waals surface area contributed by atoms with Crippen molar-refractivity contribution >= 4 is 29.2 Å². The Morgan fingerprint density at radius 1 is 1.15 bits per heavy atom. The van der Waals surface area contributed by atoms with Gasteiger partial charge in [-0.15, -0.1) is 0 Å². The first-order chi connectivity index (χ1) is 13.0. The fraction of sp³-hybridized carbons (Fsp3) is 0.368. The van der Waals surface area contributed by atoms with Gasteiger partial charge in [0.25, 0.3) is 0 Å². The predicted octanol–water partition coefficient (Wildman–Crippen LogP) is 2.47. The second-order valence-corrected chi connectivity index (χ2v) is 6.86. The second-order valence-electron chi connectivity index (χ2n) is 6.42. The Labute approximate surface area is 163 Å². The molecule has 0 saturated carbocycles. The number of furan rings is 1. The molecule has 27 heavy (non-hydrogen) atoms. The Morgan fingerprint density at radius 2 is 1.85 bits per heavy atom. The molecule has 8 heteroatoms. The van der Waals surface area contributed by atoms with Gasteiger partial charge in [-0.25, -0.2) is 4.79 Å². The lowest BCUT2D eigenvalue weighted by molar-refractivity contribution is -0.122. The number of anilines is 1. The number of carbonyl (C=O) groups is 2. The van der Waals surface area contributed by atoms with E-state index < -0.39 is 6.04 Å². The maximum Gasteiger partial charge on any atom is 0.318 e. The average Bonchev–Trinajstić information content (AvgIpc) is 3.20. The number of hydrogen-bond acceptors (Lipinski definition) is 4. The number of nitrogens with zero attached hydrogens (tertiary/aromatic N) is 2. The van der Waals surface area contributed by atoms with E-state index in [1.807, 2.05) is 24.3 Å². The minimum atomic E-state index is -0.623. The van der Waals surface area contributed by atoms with Crippen LogP contribution in [0.15, 0.2) is 47.1 Å². The first-order valence-electron chi connectivity index (χ1n) is 8.89. The minimum absolute atomic E-state index is 0.230. The van der Waals surface area contributed by atoms with E-state index in [-0.39, 0.29) is 11.9 Å². The van der Waals surface area contributed by atoms with Crippen molar-refractivity contribution in [2.45, 2.75) is 19.5 Å². The van der Waals surface area contributed by atoms with Gasteiger partial charge < -0.3 is 24.9 Å². The molecule has 1 fully saturated rings. The van der Waals surface area contributed by atoms with Gasteiger partial charge in [0, 0.05) is 36.9 Å². The Kier molecular flexibility index (Phi) is 6.24. The SMILES string of the molecule is C[C@H](NC(=O)N1CCN(c2ccc(Cl)cc2)CC1)C(=O)NCc1ccco1. The van der Waals surface area contributed by atoms with Crippen LogP contribution in [-0.2, 0) is 11.3 Å². The molecule has 2 aromatic rings. The number of hydrogen-bond donors (Lipinski definition) is 2. The van der Waals surface area contributed by atoms with Crippen LogP contribution in [0.5, 0.6) is 0 Å². The highest BCUT2D eigenvalue weighted by Crippen LogP contribution is 2.19. The van der Waals surface area contributed by atoms with Gasteiger partial charge in [-0.2, -0.15) is 0 Å². The lowest BCUT2D eigenvalue weighted by atomic mass is 10.2. The molecule has 7 nitrogen and oxygen atoms in total. The summed E-state index contributed by atoms with van der Waals surface area (Å²) in [7, 11) is 0. The molecule has 0 spiro atoms. The second kappa shape index (κ2) is 8.81. The molecule has 3 rings (SSSR count). The first kappa shape index (κ1) is 19.1. The molecule has 1 atom stereocenters. The zero-order valence-electron chi connectivity index (χ0n) is 15.2. The molecule has 0 bridgehead atoms. The first-order valence-corrected chi connectivity index (χ1v) is 9.27. The van der Waals surface area contributed by atoms with Crippen molar-refractivity contribution in [1.29, 1.82) is 0 Å². The minimum Gasteiger partial charge on any atom is -0.467 e. The van der Waals surface area contributed by atoms with Crippen molar-refractivity contribution in [3.8, 4) is 0 Å². The summed E-state index contributed by atoms with van der Waals surface area (Å²) in [5.41, 5.74) is 1.09. The molecule has 1 aliphatic heterocycles. The highest BCUT2D eigenvalue weighted by atomic mass is 35.5. The number of halogens is 1. The number of rotatable bonds is 5. The maximum atomic E-state index is 12.4. The maximum absolute atomic E-state index is 12.4. The van der Waals surface area contributed by atoms with Crippen molar-refractivity contribution in [3.05, 3.63) is 53.4 Å². The molecular weight excluding hydrogens is 368 g/mol. The fourth-order valence-corrected chi connectivity index (χ4v) is 3.03. The molecule has 0 radical (unpaired) electrons. The Hall–Kier alpha value is -2.67. The summed E-state index contributed by atoms with van der Waals surface area (Å²) in [6.07, 6.45) is 1.55. The molecule has 1 saturated heterocycles. The molecule has 3 amide bonds. The van der Waals surface area contributed by atoms with Gasteiger partial charge in [0.1, 0.15) is 11.8 Å². The Balaban J connectivity index is 1.43. The molecule has 1 aromatic carbocycles. The summed E-state index contributed by atoms with van der Waals surface area (Å²) < 4.78 is 5.17. The summed E-state index contributed by atoms with van der Waals surface area (Å²) >= 11 is 5.92. The molecular formula is C19H23ClN4O3. The number of amides is 3. The zero-order valence-corrected chi connectivity index (χ0v) is 15.9. The smallest absolute Gasteiger partial charge is 0.318 e. The van der Waals surface area contributed by atoms with Crippen molar-refractivity contribution in [2.75, 3.05) is 31.1 Å². The van der Waals surface area contributed by atoms with E-state index >= 15 is 0 Å². The van der Waals surface area contributed by atoms with Gasteiger partial charge in [-0.3, -0.25) is 4.79 Å². The van der Waals surface area contributed by atoms with E-state index in [9.17, 15) is 9.59 Å². The topological polar surface area (TPSA) is 77.8 Å². The van der Waals surface area contributed by atoms with Gasteiger partial charge >= 0.3 is 6.03 Å². The summed E-state index contributed by atoms with van der Waals surface area (Å²) in [5.74, 6) is 0.416. The average molecular weight is 391 g/mol. The number of piperazine rings is 1. The van der Waals surface area contributed by atoms with Gasteiger partial charge in [0.2, 0.25) is 5.91 Å². The highest BCUT2D eigenvalue weighted by molar-refractivity contribution is 6.30. The van der Waals surface area contributed by atoms with Crippen molar-refractivity contribution in [3.63, 3.8) is 0 Å². The van der Waals surface area contributed by atoms with E-state index in [1.165, 1.54) is 0 Å². The largest absolute Gasteiger partial charge is 0.467 e. The monoisotopic (exact) mass is 390 g/mol. The van der Waals surface area contributed by atoms with Crippen molar-refractivity contribution in [1.82, 2.24) is 15.5 Å². The third kappa shape index (κ3) is 5.17. The summed E-state index contributed by atoms with van der Waals surface area (Å²) in [6, 6.07) is 10.4. The lowest BCUT2D eigenvalue weighted by Gasteiger charge is -2.36. The summed E-state index contributed by atoms with van der Waals surface area (Å²) in [4.78, 5) is 28.5. The standard InChI is InChI=1S/C19H23ClN4O3/c1-14(18(25)21-13-17-3-2-12-27-17)22-19(26)24-10-8-23(9-11-24)16-6-4-15(20)5-7-16/h2-7,12,14H,8-11,13H2,1H3,(H,21,25)(H,22,26)/t14-/m0/s1. The van der Waals surface area contributed by atoms with Gasteiger partial charge in [-0.05, 0) is 43.3 Å². The van der Waals surface area contributed by atoms with Crippen LogP contribution in [0.25, 0.3) is 0 Å². The molecule has 1 aliphatic rings. The van der Waals surface area contributed by atoms with Crippen LogP contribution in [0.3, 0.4) is 0 Å². The van der Waals surface area contributed by atoms with Crippen LogP contribution in [0.2, 0.25) is 5.02 Å². The third-order valence-electron chi connectivity index (χ3n) is 4.51. The van der Waals surface area contributed by atoms with E-state index in [0.29, 0.717) is 30.4 Å². The molecule has 0 unspecified atom stereocenters. The van der Waals surface area contributed by atoms with Crippen LogP contribution in [-0.4, -0.2) is 49.1 Å². The molecule has 1 aromatic heterocycles. The van der Waals surface area contributed by atoms with Crippen molar-refractivity contribution in [2.24, 2.45) is 0 Å². The van der Waals surface area contributed by atoms with Gasteiger partial charge in [-0.1, -0.05) is 11.6 Å². The van der Waals surface area contributed by atoms with E-state index in [2.05, 4.69) is 15.5 Å². The van der Waals surface area contributed by atoms with Crippen LogP contribution in [0, 0.1) is 0 Å². The van der Waals surface area contributed by atoms with Crippen LogP contribution in [0.4, 0.5) is 10.5 Å². The molecule has 2 N–H and O–H groups in total. The van der Waals surface area contributed by atoms with Crippen molar-refractivity contribution < 1.29 is 14.0 Å². The van der Waals surface area contributed by atoms with Gasteiger partial charge in [0.05, 0.1) is 12.8 Å². The Bertz CT molecular complexity index is 756. The van der Waals surface area contributed by atoms with E-state index in [0.717, 1.165) is 18.8 Å².